The summed E-state index contributed by atoms with van der Waals surface area (Å²) < 4.78 is 6.72. The third-order valence-corrected chi connectivity index (χ3v) is 4.08. The van der Waals surface area contributed by atoms with Gasteiger partial charge < -0.3 is 10.1 Å². The molecule has 2 N–H and O–H groups in total. The normalized spacial score (nSPS) is 13.4. The van der Waals surface area contributed by atoms with E-state index in [1.54, 1.807) is 0 Å². The zero-order valence-electron chi connectivity index (χ0n) is 15.1. The van der Waals surface area contributed by atoms with E-state index in [1.807, 2.05) is 44.2 Å². The van der Waals surface area contributed by atoms with Crippen molar-refractivity contribution in [2.24, 2.45) is 0 Å². The van der Waals surface area contributed by atoms with Gasteiger partial charge in [-0.15, -0.1) is 0 Å². The zero-order chi connectivity index (χ0) is 18.2. The first-order chi connectivity index (χ1) is 12.0. The number of unbranched alkanes of at least 4 members (excludes halogenated alkanes) is 1. The van der Waals surface area contributed by atoms with Gasteiger partial charge in [0.25, 0.3) is 5.56 Å². The highest BCUT2D eigenvalue weighted by Gasteiger charge is 2.13. The van der Waals surface area contributed by atoms with E-state index in [1.165, 1.54) is 10.6 Å². The molecule has 0 aliphatic rings. The zero-order valence-corrected chi connectivity index (χ0v) is 15.1. The molecule has 0 unspecified atom stereocenters. The molecule has 0 spiro atoms. The van der Waals surface area contributed by atoms with E-state index in [4.69, 9.17) is 4.74 Å². The molecule has 2 aromatic rings. The van der Waals surface area contributed by atoms with Crippen molar-refractivity contribution in [3.63, 3.8) is 0 Å². The molecule has 0 fully saturated rings. The van der Waals surface area contributed by atoms with Gasteiger partial charge in [0.2, 0.25) is 0 Å². The van der Waals surface area contributed by atoms with Crippen LogP contribution in [0.25, 0.3) is 0 Å². The van der Waals surface area contributed by atoms with Crippen molar-refractivity contribution in [3.8, 4) is 0 Å². The predicted octanol–water partition coefficient (Wildman–Crippen LogP) is 3.09. The largest absolute Gasteiger partial charge is 0.379 e. The first kappa shape index (κ1) is 19.0. The van der Waals surface area contributed by atoms with Crippen LogP contribution in [-0.4, -0.2) is 22.8 Å². The quantitative estimate of drug-likeness (QED) is 0.685. The van der Waals surface area contributed by atoms with Gasteiger partial charge in [-0.3, -0.25) is 14.3 Å². The molecule has 2 rings (SSSR count). The van der Waals surface area contributed by atoms with E-state index in [0.717, 1.165) is 18.4 Å². The number of hydrogen-bond acceptors (Lipinski definition) is 4. The smallest absolute Gasteiger partial charge is 0.330 e. The number of anilines is 1. The molecule has 6 heteroatoms. The lowest BCUT2D eigenvalue weighted by atomic mass is 10.1. The summed E-state index contributed by atoms with van der Waals surface area (Å²) in [6, 6.07) is 10.9. The molecule has 0 aliphatic heterocycles. The summed E-state index contributed by atoms with van der Waals surface area (Å²) >= 11 is 0. The molecule has 136 valence electrons. The first-order valence-corrected chi connectivity index (χ1v) is 8.78. The van der Waals surface area contributed by atoms with Crippen LogP contribution in [0.4, 0.5) is 5.82 Å². The number of rotatable bonds is 9. The molecule has 0 amide bonds. The fraction of sp³-hybridized carbons (Fsp3) is 0.474. The van der Waals surface area contributed by atoms with Gasteiger partial charge in [0.15, 0.2) is 0 Å². The van der Waals surface area contributed by atoms with Crippen molar-refractivity contribution in [3.05, 3.63) is 62.8 Å². The Labute approximate surface area is 147 Å². The number of hydrogen-bond donors (Lipinski definition) is 2. The predicted molar refractivity (Wildman–Crippen MR) is 100 cm³/mol. The lowest BCUT2D eigenvalue weighted by Crippen LogP contribution is -2.38. The molecule has 2 atom stereocenters. The van der Waals surface area contributed by atoms with E-state index < -0.39 is 5.69 Å². The van der Waals surface area contributed by atoms with Gasteiger partial charge in [0, 0.05) is 18.7 Å². The lowest BCUT2D eigenvalue weighted by Gasteiger charge is -2.17. The second kappa shape index (κ2) is 9.22. The van der Waals surface area contributed by atoms with E-state index in [0.29, 0.717) is 19.0 Å². The van der Waals surface area contributed by atoms with Gasteiger partial charge in [0.05, 0.1) is 12.6 Å². The summed E-state index contributed by atoms with van der Waals surface area (Å²) in [7, 11) is 0. The number of nitrogens with one attached hydrogen (secondary N) is 2. The molecule has 1 aromatic heterocycles. The second-order valence-electron chi connectivity index (χ2n) is 6.25. The van der Waals surface area contributed by atoms with Gasteiger partial charge in [-0.1, -0.05) is 43.7 Å². The van der Waals surface area contributed by atoms with Crippen molar-refractivity contribution in [1.82, 2.24) is 9.55 Å². The Morgan fingerprint density at radius 3 is 2.56 bits per heavy atom. The van der Waals surface area contributed by atoms with Crippen molar-refractivity contribution >= 4 is 5.82 Å². The molecular formula is C19H27N3O3. The average Bonchev–Trinajstić information content (AvgIpc) is 2.59. The van der Waals surface area contributed by atoms with Crippen molar-refractivity contribution in [2.45, 2.75) is 45.7 Å². The third-order valence-electron chi connectivity index (χ3n) is 4.08. The highest BCUT2D eigenvalue weighted by atomic mass is 16.5. The molecule has 0 radical (unpaired) electrons. The molecule has 6 nitrogen and oxygen atoms in total. The monoisotopic (exact) mass is 345 g/mol. The van der Waals surface area contributed by atoms with E-state index in [-0.39, 0.29) is 17.6 Å². The Hall–Kier alpha value is -2.34. The summed E-state index contributed by atoms with van der Waals surface area (Å²) in [5, 5.41) is 3.17. The maximum atomic E-state index is 12.4. The van der Waals surface area contributed by atoms with Crippen LogP contribution in [0.5, 0.6) is 0 Å². The third kappa shape index (κ3) is 5.32. The Bertz CT molecular complexity index is 736. The highest BCUT2D eigenvalue weighted by Crippen LogP contribution is 2.15. The highest BCUT2D eigenvalue weighted by molar-refractivity contribution is 5.36. The molecule has 1 aromatic carbocycles. The molecule has 25 heavy (non-hydrogen) atoms. The molecule has 0 aliphatic carbocycles. The van der Waals surface area contributed by atoms with Crippen molar-refractivity contribution in [2.75, 3.05) is 18.5 Å². The van der Waals surface area contributed by atoms with Gasteiger partial charge in [-0.05, 0) is 25.8 Å². The number of aromatic nitrogens is 2. The minimum absolute atomic E-state index is 0.0260. The number of nitrogens with zero attached hydrogens (tertiary/aromatic N) is 1. The molecule has 0 bridgehead atoms. The SMILES string of the molecule is CCCCOC[C@@H](C)n1c(=O)cc(N[C@@H](C)c2ccccc2)[nH]c1=O. The fourth-order valence-electron chi connectivity index (χ4n) is 2.63. The maximum Gasteiger partial charge on any atom is 0.330 e. The van der Waals surface area contributed by atoms with E-state index in [2.05, 4.69) is 17.2 Å². The van der Waals surface area contributed by atoms with E-state index in [9.17, 15) is 9.59 Å². The lowest BCUT2D eigenvalue weighted by molar-refractivity contribution is 0.103. The summed E-state index contributed by atoms with van der Waals surface area (Å²) in [5.74, 6) is 0.418. The Morgan fingerprint density at radius 2 is 1.92 bits per heavy atom. The van der Waals surface area contributed by atoms with Gasteiger partial charge >= 0.3 is 5.69 Å². The van der Waals surface area contributed by atoms with Crippen molar-refractivity contribution in [1.29, 1.82) is 0 Å². The standard InChI is InChI=1S/C19H27N3O3/c1-4-5-11-25-13-14(2)22-18(23)12-17(21-19(22)24)20-15(3)16-9-7-6-8-10-16/h6-10,12,14-15,20H,4-5,11,13H2,1-3H3,(H,21,24)/t14-,15+/m1/s1. The Morgan fingerprint density at radius 1 is 1.20 bits per heavy atom. The minimum Gasteiger partial charge on any atom is -0.379 e. The molecule has 1 heterocycles. The van der Waals surface area contributed by atoms with Crippen molar-refractivity contribution < 1.29 is 4.74 Å². The van der Waals surface area contributed by atoms with E-state index >= 15 is 0 Å². The van der Waals surface area contributed by atoms with Gasteiger partial charge in [-0.25, -0.2) is 4.79 Å². The summed E-state index contributed by atoms with van der Waals surface area (Å²) in [6.45, 7) is 6.85. The maximum absolute atomic E-state index is 12.4. The fourth-order valence-corrected chi connectivity index (χ4v) is 2.63. The number of aromatic amines is 1. The van der Waals surface area contributed by atoms with Crippen LogP contribution in [0.2, 0.25) is 0 Å². The molecule has 0 saturated carbocycles. The second-order valence-corrected chi connectivity index (χ2v) is 6.25. The van der Waals surface area contributed by atoms with Crippen LogP contribution in [-0.2, 0) is 4.74 Å². The number of ether oxygens (including phenoxy) is 1. The summed E-state index contributed by atoms with van der Waals surface area (Å²) in [5.41, 5.74) is 0.310. The van der Waals surface area contributed by atoms with Crippen LogP contribution in [0.1, 0.15) is 51.3 Å². The number of benzene rings is 1. The van der Waals surface area contributed by atoms with Crippen LogP contribution < -0.4 is 16.6 Å². The first-order valence-electron chi connectivity index (χ1n) is 8.78. The van der Waals surface area contributed by atoms with Crippen LogP contribution in [0.15, 0.2) is 46.0 Å². The Kier molecular flexibility index (Phi) is 7.01. The van der Waals surface area contributed by atoms with Crippen LogP contribution in [0, 0.1) is 0 Å². The average molecular weight is 345 g/mol. The van der Waals surface area contributed by atoms with Crippen LogP contribution >= 0.6 is 0 Å². The summed E-state index contributed by atoms with van der Waals surface area (Å²) in [4.78, 5) is 27.4. The number of H-pyrrole nitrogens is 1. The van der Waals surface area contributed by atoms with Crippen LogP contribution in [0.3, 0.4) is 0 Å². The summed E-state index contributed by atoms with van der Waals surface area (Å²) in [6.07, 6.45) is 2.02. The molecule has 0 saturated heterocycles. The Balaban J connectivity index is 2.09. The minimum atomic E-state index is -0.429. The molecular weight excluding hydrogens is 318 g/mol. The van der Waals surface area contributed by atoms with Gasteiger partial charge in [-0.2, -0.15) is 0 Å². The topological polar surface area (TPSA) is 76.1 Å². The van der Waals surface area contributed by atoms with Gasteiger partial charge in [0.1, 0.15) is 5.82 Å².